The van der Waals surface area contributed by atoms with Crippen LogP contribution in [0.5, 0.6) is 0 Å². The van der Waals surface area contributed by atoms with Crippen molar-refractivity contribution in [3.63, 3.8) is 0 Å². The summed E-state index contributed by atoms with van der Waals surface area (Å²) in [6.45, 7) is 6.92. The molecule has 108 valence electrons. The highest BCUT2D eigenvalue weighted by atomic mass is 31.1. The molecule has 0 amide bonds. The topological polar surface area (TPSA) is 0 Å². The van der Waals surface area contributed by atoms with Crippen molar-refractivity contribution in [3.05, 3.63) is 29.8 Å². The Morgan fingerprint density at radius 3 is 1.95 bits per heavy atom. The number of rotatable bonds is 10. The van der Waals surface area contributed by atoms with E-state index in [2.05, 4.69) is 45.0 Å². The fraction of sp³-hybridized carbons (Fsp3) is 0.667. The molecule has 0 aliphatic carbocycles. The maximum absolute atomic E-state index is 2.42. The van der Waals surface area contributed by atoms with Crippen molar-refractivity contribution in [3.8, 4) is 0 Å². The minimum absolute atomic E-state index is 0.0951. The first-order chi connectivity index (χ1) is 9.33. The van der Waals surface area contributed by atoms with Crippen LogP contribution in [-0.2, 0) is 6.42 Å². The molecule has 0 aromatic heterocycles. The molecule has 0 radical (unpaired) electrons. The minimum Gasteiger partial charge on any atom is -0.0750 e. The third-order valence-corrected chi connectivity index (χ3v) is 6.52. The van der Waals surface area contributed by atoms with E-state index in [0.717, 1.165) is 0 Å². The van der Waals surface area contributed by atoms with Crippen LogP contribution in [0, 0.1) is 0 Å². The molecule has 0 bridgehead atoms. The molecule has 0 atom stereocenters. The van der Waals surface area contributed by atoms with Crippen molar-refractivity contribution >= 4 is 13.2 Å². The Hall–Kier alpha value is -0.350. The van der Waals surface area contributed by atoms with Gasteiger partial charge in [0, 0.05) is 0 Å². The average Bonchev–Trinajstić information content (AvgIpc) is 2.46. The molecule has 0 fully saturated rings. The van der Waals surface area contributed by atoms with Gasteiger partial charge in [-0.2, -0.15) is 0 Å². The van der Waals surface area contributed by atoms with Crippen LogP contribution in [-0.4, -0.2) is 12.3 Å². The zero-order valence-corrected chi connectivity index (χ0v) is 14.0. The lowest BCUT2D eigenvalue weighted by Crippen LogP contribution is -2.12. The Labute approximate surface area is 121 Å². The number of aryl methyl sites for hydroxylation is 1. The molecule has 1 rings (SSSR count). The van der Waals surface area contributed by atoms with E-state index < -0.39 is 0 Å². The first-order valence-corrected chi connectivity index (χ1v) is 9.87. The molecule has 0 saturated carbocycles. The fourth-order valence-corrected chi connectivity index (χ4v) is 5.44. The second-order valence-corrected chi connectivity index (χ2v) is 7.88. The summed E-state index contributed by atoms with van der Waals surface area (Å²) in [4.78, 5) is 0. The molecule has 1 heteroatoms. The van der Waals surface area contributed by atoms with Gasteiger partial charge >= 0.3 is 0 Å². The highest BCUT2D eigenvalue weighted by molar-refractivity contribution is 7.65. The second-order valence-electron chi connectivity index (χ2n) is 5.43. The smallest absolute Gasteiger partial charge is 0.0208 e. The van der Waals surface area contributed by atoms with Gasteiger partial charge in [-0.05, 0) is 48.9 Å². The van der Waals surface area contributed by atoms with Crippen molar-refractivity contribution in [2.24, 2.45) is 0 Å². The van der Waals surface area contributed by atoms with E-state index in [1.54, 1.807) is 10.9 Å². The number of hydrogen-bond acceptors (Lipinski definition) is 0. The van der Waals surface area contributed by atoms with Crippen molar-refractivity contribution < 1.29 is 0 Å². The summed E-state index contributed by atoms with van der Waals surface area (Å²) in [5, 5.41) is 1.72. The number of benzene rings is 1. The standard InChI is InChI=1S/C18H31P/c1-4-7-12-17-13-10-11-14-18(17)19(15-8-5-2)16-9-6-3/h10-11,13-14H,4-9,12,15-16H2,1-3H3. The third-order valence-electron chi connectivity index (χ3n) is 3.70. The summed E-state index contributed by atoms with van der Waals surface area (Å²) in [6.07, 6.45) is 12.3. The summed E-state index contributed by atoms with van der Waals surface area (Å²) < 4.78 is 0. The third kappa shape index (κ3) is 6.09. The summed E-state index contributed by atoms with van der Waals surface area (Å²) >= 11 is 0. The molecule has 19 heavy (non-hydrogen) atoms. The van der Waals surface area contributed by atoms with Crippen LogP contribution >= 0.6 is 7.92 Å². The van der Waals surface area contributed by atoms with E-state index in [9.17, 15) is 0 Å². The van der Waals surface area contributed by atoms with Crippen LogP contribution in [0.25, 0.3) is 0 Å². The zero-order valence-electron chi connectivity index (χ0n) is 13.1. The van der Waals surface area contributed by atoms with Crippen LogP contribution in [0.3, 0.4) is 0 Å². The van der Waals surface area contributed by atoms with Gasteiger partial charge in [0.25, 0.3) is 0 Å². The predicted molar refractivity (Wildman–Crippen MR) is 91.2 cm³/mol. The first-order valence-electron chi connectivity index (χ1n) is 8.16. The normalized spacial score (nSPS) is 11.2. The molecule has 0 spiro atoms. The Bertz CT molecular complexity index is 324. The lowest BCUT2D eigenvalue weighted by Gasteiger charge is -2.21. The maximum atomic E-state index is 2.42. The summed E-state index contributed by atoms with van der Waals surface area (Å²) in [5.41, 5.74) is 1.64. The lowest BCUT2D eigenvalue weighted by molar-refractivity contribution is 0.797. The van der Waals surface area contributed by atoms with Gasteiger partial charge in [-0.1, -0.05) is 72.2 Å². The highest BCUT2D eigenvalue weighted by Crippen LogP contribution is 2.38. The number of unbranched alkanes of at least 4 members (excludes halogenated alkanes) is 3. The predicted octanol–water partition coefficient (Wildman–Crippen LogP) is 5.74. The van der Waals surface area contributed by atoms with Crippen LogP contribution in [0.4, 0.5) is 0 Å². The molecule has 0 aliphatic heterocycles. The summed E-state index contributed by atoms with van der Waals surface area (Å²) in [5.74, 6) is 0. The molecule has 0 unspecified atom stereocenters. The quantitative estimate of drug-likeness (QED) is 0.479. The highest BCUT2D eigenvalue weighted by Gasteiger charge is 2.13. The van der Waals surface area contributed by atoms with E-state index in [0.29, 0.717) is 0 Å². The summed E-state index contributed by atoms with van der Waals surface area (Å²) in [6, 6.07) is 9.26. The zero-order chi connectivity index (χ0) is 13.9. The monoisotopic (exact) mass is 278 g/mol. The SMILES string of the molecule is CCCCc1ccccc1P(CCCC)CCCC. The van der Waals surface area contributed by atoms with Gasteiger partial charge in [-0.3, -0.25) is 0 Å². The van der Waals surface area contributed by atoms with Gasteiger partial charge < -0.3 is 0 Å². The molecular weight excluding hydrogens is 247 g/mol. The maximum Gasteiger partial charge on any atom is -0.0208 e. The molecule has 0 saturated heterocycles. The molecular formula is C18H31P. The van der Waals surface area contributed by atoms with Crippen molar-refractivity contribution in [1.82, 2.24) is 0 Å². The van der Waals surface area contributed by atoms with E-state index in [4.69, 9.17) is 0 Å². The van der Waals surface area contributed by atoms with Gasteiger partial charge in [0.15, 0.2) is 0 Å². The van der Waals surface area contributed by atoms with Gasteiger partial charge in [0.2, 0.25) is 0 Å². The Balaban J connectivity index is 2.79. The van der Waals surface area contributed by atoms with Crippen LogP contribution < -0.4 is 5.30 Å². The molecule has 1 aromatic carbocycles. The molecule has 0 heterocycles. The Morgan fingerprint density at radius 2 is 1.37 bits per heavy atom. The van der Waals surface area contributed by atoms with Crippen LogP contribution in [0.1, 0.15) is 64.9 Å². The average molecular weight is 278 g/mol. The van der Waals surface area contributed by atoms with Crippen molar-refractivity contribution in [2.75, 3.05) is 12.3 Å². The molecule has 0 nitrogen and oxygen atoms in total. The Morgan fingerprint density at radius 1 is 0.789 bits per heavy atom. The fourth-order valence-electron chi connectivity index (χ4n) is 2.45. The summed E-state index contributed by atoms with van der Waals surface area (Å²) in [7, 11) is 0.0951. The van der Waals surface area contributed by atoms with Gasteiger partial charge in [-0.15, -0.1) is 0 Å². The molecule has 0 N–H and O–H groups in total. The van der Waals surface area contributed by atoms with Crippen LogP contribution in [0.2, 0.25) is 0 Å². The van der Waals surface area contributed by atoms with Crippen molar-refractivity contribution in [1.29, 1.82) is 0 Å². The molecule has 1 aromatic rings. The van der Waals surface area contributed by atoms with E-state index >= 15 is 0 Å². The molecule has 0 aliphatic rings. The lowest BCUT2D eigenvalue weighted by atomic mass is 10.1. The number of hydrogen-bond donors (Lipinski definition) is 0. The van der Waals surface area contributed by atoms with E-state index in [1.807, 2.05) is 0 Å². The van der Waals surface area contributed by atoms with Crippen LogP contribution in [0.15, 0.2) is 24.3 Å². The van der Waals surface area contributed by atoms with Gasteiger partial charge in [-0.25, -0.2) is 0 Å². The van der Waals surface area contributed by atoms with E-state index in [1.165, 1.54) is 57.3 Å². The Kier molecular flexibility index (Phi) is 9.18. The van der Waals surface area contributed by atoms with Gasteiger partial charge in [0.1, 0.15) is 0 Å². The second kappa shape index (κ2) is 10.4. The minimum atomic E-state index is 0.0951. The van der Waals surface area contributed by atoms with E-state index in [-0.39, 0.29) is 7.92 Å². The van der Waals surface area contributed by atoms with Crippen molar-refractivity contribution in [2.45, 2.75) is 65.7 Å². The van der Waals surface area contributed by atoms with Gasteiger partial charge in [0.05, 0.1) is 0 Å². The first kappa shape index (κ1) is 16.7. The largest absolute Gasteiger partial charge is 0.0750 e.